The molecule has 0 saturated carbocycles. The van der Waals surface area contributed by atoms with Crippen LogP contribution >= 0.6 is 0 Å². The summed E-state index contributed by atoms with van der Waals surface area (Å²) in [4.78, 5) is 9.22. The molecule has 0 saturated heterocycles. The second-order valence-electron chi connectivity index (χ2n) is 9.53. The lowest BCUT2D eigenvalue weighted by Crippen LogP contribution is -3.00. The van der Waals surface area contributed by atoms with Crippen LogP contribution in [0, 0.1) is 0 Å². The number of hydrogen-bond donors (Lipinski definition) is 0. The third-order valence-electron chi connectivity index (χ3n) is 6.90. The molecule has 0 fully saturated rings. The van der Waals surface area contributed by atoms with Gasteiger partial charge < -0.3 is 44.4 Å². The van der Waals surface area contributed by atoms with E-state index in [-0.39, 0.29) is 24.8 Å². The molecule has 36 heavy (non-hydrogen) atoms. The standard InChI is InChI=1S/C30H30N4.2ClH/c1-31-15-17-33(21-31)19-25-13-11-23-7-3-5-9-27(23)29(25)30-26(20-34-18-16-32(2)22-34)14-12-24-8-4-6-10-28(24)30;;/h3-18H,19-22H2,1-2H3;2*1H/p-2. The molecule has 2 heterocycles. The maximum atomic E-state index is 2.39. The Morgan fingerprint density at radius 2 is 0.944 bits per heavy atom. The quantitative estimate of drug-likeness (QED) is 0.370. The number of hydrogen-bond acceptors (Lipinski definition) is 4. The highest BCUT2D eigenvalue weighted by atomic mass is 35.5. The highest BCUT2D eigenvalue weighted by Gasteiger charge is 2.20. The summed E-state index contributed by atoms with van der Waals surface area (Å²) in [6.45, 7) is 3.60. The molecule has 2 aliphatic heterocycles. The molecule has 4 aromatic carbocycles. The lowest BCUT2D eigenvalue weighted by atomic mass is 9.86. The zero-order valence-corrected chi connectivity index (χ0v) is 22.1. The Kier molecular flexibility index (Phi) is 7.67. The van der Waals surface area contributed by atoms with Crippen molar-refractivity contribution >= 4 is 21.5 Å². The van der Waals surface area contributed by atoms with Gasteiger partial charge in [0.1, 0.15) is 0 Å². The highest BCUT2D eigenvalue weighted by molar-refractivity contribution is 6.07. The van der Waals surface area contributed by atoms with E-state index in [0.717, 1.165) is 26.4 Å². The van der Waals surface area contributed by atoms with Crippen LogP contribution in [0.2, 0.25) is 0 Å². The molecule has 0 spiro atoms. The number of halogens is 2. The Bertz CT molecular complexity index is 1320. The van der Waals surface area contributed by atoms with Crippen molar-refractivity contribution in [2.24, 2.45) is 0 Å². The Balaban J connectivity index is 0.00000152. The average Bonchev–Trinajstić information content (AvgIpc) is 3.46. The van der Waals surface area contributed by atoms with Gasteiger partial charge in [-0.1, -0.05) is 72.8 Å². The summed E-state index contributed by atoms with van der Waals surface area (Å²) in [5.74, 6) is 0. The normalized spacial score (nSPS) is 14.6. The predicted molar refractivity (Wildman–Crippen MR) is 142 cm³/mol. The number of benzene rings is 4. The Hall–Kier alpha value is -3.34. The summed E-state index contributed by atoms with van der Waals surface area (Å²) in [7, 11) is 4.25. The zero-order chi connectivity index (χ0) is 23.1. The van der Waals surface area contributed by atoms with Crippen LogP contribution in [0.5, 0.6) is 0 Å². The van der Waals surface area contributed by atoms with E-state index < -0.39 is 0 Å². The van der Waals surface area contributed by atoms with Crippen molar-refractivity contribution in [2.45, 2.75) is 13.1 Å². The number of fused-ring (bicyclic) bond motifs is 2. The van der Waals surface area contributed by atoms with Gasteiger partial charge in [-0.15, -0.1) is 0 Å². The highest BCUT2D eigenvalue weighted by Crippen LogP contribution is 2.40. The van der Waals surface area contributed by atoms with Gasteiger partial charge in [0.05, 0.1) is 13.3 Å². The van der Waals surface area contributed by atoms with E-state index in [1.54, 1.807) is 0 Å². The first-order chi connectivity index (χ1) is 16.7. The van der Waals surface area contributed by atoms with E-state index in [1.165, 1.54) is 43.8 Å². The summed E-state index contributed by atoms with van der Waals surface area (Å²) in [6, 6.07) is 26.9. The van der Waals surface area contributed by atoms with Crippen LogP contribution < -0.4 is 24.8 Å². The van der Waals surface area contributed by atoms with Crippen molar-refractivity contribution in [1.29, 1.82) is 0 Å². The van der Waals surface area contributed by atoms with E-state index >= 15 is 0 Å². The van der Waals surface area contributed by atoms with Crippen molar-refractivity contribution in [1.82, 2.24) is 19.6 Å². The van der Waals surface area contributed by atoms with E-state index in [4.69, 9.17) is 0 Å². The van der Waals surface area contributed by atoms with Gasteiger partial charge in [-0.3, -0.25) is 0 Å². The van der Waals surface area contributed by atoms with E-state index in [0.29, 0.717) is 0 Å². The molecule has 4 aromatic rings. The summed E-state index contributed by atoms with van der Waals surface area (Å²) in [5.41, 5.74) is 5.46. The van der Waals surface area contributed by atoms with Gasteiger partial charge >= 0.3 is 0 Å². The van der Waals surface area contributed by atoms with Crippen molar-refractivity contribution in [3.05, 3.63) is 109 Å². The van der Waals surface area contributed by atoms with E-state index in [2.05, 4.69) is 131 Å². The maximum Gasteiger partial charge on any atom is 0.0894 e. The Morgan fingerprint density at radius 3 is 1.33 bits per heavy atom. The van der Waals surface area contributed by atoms with Gasteiger partial charge in [0.25, 0.3) is 0 Å². The minimum atomic E-state index is 0. The fraction of sp³-hybridized carbons (Fsp3) is 0.200. The fourth-order valence-corrected chi connectivity index (χ4v) is 5.31. The Morgan fingerprint density at radius 1 is 0.528 bits per heavy atom. The van der Waals surface area contributed by atoms with E-state index in [1.807, 2.05) is 0 Å². The van der Waals surface area contributed by atoms with Crippen LogP contribution in [0.25, 0.3) is 32.7 Å². The average molecular weight is 518 g/mol. The van der Waals surface area contributed by atoms with Crippen molar-refractivity contribution in [3.8, 4) is 11.1 Å². The molecule has 4 nitrogen and oxygen atoms in total. The van der Waals surface area contributed by atoms with Gasteiger partial charge in [-0.2, -0.15) is 0 Å². The van der Waals surface area contributed by atoms with Crippen LogP contribution in [0.15, 0.2) is 97.6 Å². The van der Waals surface area contributed by atoms with Gasteiger partial charge in [0.2, 0.25) is 0 Å². The predicted octanol–water partition coefficient (Wildman–Crippen LogP) is 0.0202. The molecule has 0 bridgehead atoms. The largest absolute Gasteiger partial charge is 1.00 e. The Labute approximate surface area is 225 Å². The smallest absolute Gasteiger partial charge is 0.0894 e. The van der Waals surface area contributed by atoms with Crippen LogP contribution in [-0.4, -0.2) is 47.0 Å². The van der Waals surface area contributed by atoms with Crippen LogP contribution in [0.4, 0.5) is 0 Å². The fourth-order valence-electron chi connectivity index (χ4n) is 5.31. The molecule has 186 valence electrons. The van der Waals surface area contributed by atoms with Gasteiger partial charge in [0, 0.05) is 52.0 Å². The molecule has 6 rings (SSSR count). The van der Waals surface area contributed by atoms with Crippen molar-refractivity contribution < 1.29 is 24.8 Å². The first kappa shape index (κ1) is 25.7. The van der Waals surface area contributed by atoms with E-state index in [9.17, 15) is 0 Å². The first-order valence-electron chi connectivity index (χ1n) is 11.9. The zero-order valence-electron chi connectivity index (χ0n) is 20.6. The molecule has 0 N–H and O–H groups in total. The van der Waals surface area contributed by atoms with Gasteiger partial charge in [-0.25, -0.2) is 0 Å². The van der Waals surface area contributed by atoms with Gasteiger partial charge in [-0.05, 0) is 43.8 Å². The summed E-state index contributed by atoms with van der Waals surface area (Å²) in [5, 5.41) is 5.22. The molecular formula is C30H30Cl2N4-2. The molecule has 0 unspecified atom stereocenters. The molecule has 0 atom stereocenters. The van der Waals surface area contributed by atoms with Gasteiger partial charge in [0.15, 0.2) is 0 Å². The molecule has 0 aliphatic carbocycles. The molecule has 0 amide bonds. The maximum absolute atomic E-state index is 2.39. The van der Waals surface area contributed by atoms with Crippen molar-refractivity contribution in [3.63, 3.8) is 0 Å². The third kappa shape index (κ3) is 4.84. The number of rotatable bonds is 5. The lowest BCUT2D eigenvalue weighted by molar-refractivity contribution is -0.001000. The lowest BCUT2D eigenvalue weighted by Gasteiger charge is -2.25. The monoisotopic (exact) mass is 516 g/mol. The topological polar surface area (TPSA) is 13.0 Å². The summed E-state index contributed by atoms with van der Waals surface area (Å²) >= 11 is 0. The van der Waals surface area contributed by atoms with Crippen LogP contribution in [-0.2, 0) is 13.1 Å². The molecule has 6 heteroatoms. The van der Waals surface area contributed by atoms with Crippen LogP contribution in [0.3, 0.4) is 0 Å². The third-order valence-corrected chi connectivity index (χ3v) is 6.90. The molecule has 2 aliphatic rings. The summed E-state index contributed by atoms with van der Waals surface area (Å²) < 4.78 is 0. The molecule has 0 aromatic heterocycles. The minimum absolute atomic E-state index is 0. The van der Waals surface area contributed by atoms with Crippen LogP contribution in [0.1, 0.15) is 11.1 Å². The van der Waals surface area contributed by atoms with Crippen molar-refractivity contribution in [2.75, 3.05) is 27.4 Å². The molecular weight excluding hydrogens is 487 g/mol. The minimum Gasteiger partial charge on any atom is -1.00 e. The summed E-state index contributed by atoms with van der Waals surface area (Å²) in [6.07, 6.45) is 8.71. The first-order valence-corrected chi connectivity index (χ1v) is 11.9. The second kappa shape index (κ2) is 10.7. The number of nitrogens with zero attached hydrogens (tertiary/aromatic N) is 4. The SMILES string of the molecule is CN1C=CN(Cc2ccc3ccccc3c2-c2c(CN3C=CN(C)C3)ccc3ccccc23)C1.[Cl-].[Cl-]. The molecule has 0 radical (unpaired) electrons. The second-order valence-corrected chi connectivity index (χ2v) is 9.53.